The third kappa shape index (κ3) is 2.34. The fraction of sp³-hybridized carbons (Fsp3) is 0.357. The molecule has 2 aromatic rings. The highest BCUT2D eigenvalue weighted by molar-refractivity contribution is 7.14. The first-order valence-electron chi connectivity index (χ1n) is 6.34. The lowest BCUT2D eigenvalue weighted by Crippen LogP contribution is -2.21. The van der Waals surface area contributed by atoms with Gasteiger partial charge in [0.05, 0.1) is 4.88 Å². The van der Waals surface area contributed by atoms with Crippen LogP contribution in [-0.2, 0) is 19.4 Å². The summed E-state index contributed by atoms with van der Waals surface area (Å²) in [4.78, 5) is 17.3. The second-order valence-corrected chi connectivity index (χ2v) is 5.80. The van der Waals surface area contributed by atoms with Gasteiger partial charge < -0.3 is 10.3 Å². The Balaban J connectivity index is 1.67. The van der Waals surface area contributed by atoms with Gasteiger partial charge >= 0.3 is 0 Å². The Morgan fingerprint density at radius 1 is 1.39 bits per heavy atom. The predicted octanol–water partition coefficient (Wildman–Crippen LogP) is 2.89. The summed E-state index contributed by atoms with van der Waals surface area (Å²) in [6.45, 7) is 0.588. The zero-order valence-corrected chi connectivity index (χ0v) is 11.0. The molecule has 1 aliphatic carbocycles. The Bertz CT molecular complexity index is 519. The number of thiophene rings is 1. The molecule has 0 saturated carbocycles. The first-order valence-corrected chi connectivity index (χ1v) is 7.16. The van der Waals surface area contributed by atoms with Gasteiger partial charge in [-0.2, -0.15) is 0 Å². The number of nitrogens with one attached hydrogen (secondary N) is 2. The number of hydrogen-bond donors (Lipinski definition) is 2. The SMILES string of the molecule is O=C(NCc1cc[nH]c1)c1cc2c(s1)CCCC2. The lowest BCUT2D eigenvalue weighted by molar-refractivity contribution is 0.0955. The molecule has 0 aromatic carbocycles. The summed E-state index contributed by atoms with van der Waals surface area (Å²) < 4.78 is 0. The molecule has 2 heterocycles. The molecule has 3 nitrogen and oxygen atoms in total. The van der Waals surface area contributed by atoms with E-state index in [4.69, 9.17) is 0 Å². The molecule has 0 bridgehead atoms. The van der Waals surface area contributed by atoms with Crippen LogP contribution in [-0.4, -0.2) is 10.9 Å². The lowest BCUT2D eigenvalue weighted by atomic mass is 9.99. The van der Waals surface area contributed by atoms with Crippen molar-refractivity contribution in [2.45, 2.75) is 32.2 Å². The van der Waals surface area contributed by atoms with Gasteiger partial charge in [-0.3, -0.25) is 4.79 Å². The molecule has 0 aliphatic heterocycles. The van der Waals surface area contributed by atoms with Crippen LogP contribution >= 0.6 is 11.3 Å². The van der Waals surface area contributed by atoms with E-state index in [2.05, 4.69) is 16.4 Å². The minimum absolute atomic E-state index is 0.0515. The van der Waals surface area contributed by atoms with E-state index in [-0.39, 0.29) is 5.91 Å². The van der Waals surface area contributed by atoms with Gasteiger partial charge in [0.1, 0.15) is 0 Å². The number of aromatic amines is 1. The van der Waals surface area contributed by atoms with Gasteiger partial charge in [-0.05, 0) is 48.9 Å². The maximum Gasteiger partial charge on any atom is 0.261 e. The Morgan fingerprint density at radius 3 is 3.06 bits per heavy atom. The summed E-state index contributed by atoms with van der Waals surface area (Å²) in [5, 5.41) is 2.96. The zero-order chi connectivity index (χ0) is 12.4. The number of carbonyl (C=O) groups excluding carboxylic acids is 1. The first-order chi connectivity index (χ1) is 8.83. The highest BCUT2D eigenvalue weighted by Gasteiger charge is 2.16. The Labute approximate surface area is 110 Å². The molecular formula is C14H16N2OS. The summed E-state index contributed by atoms with van der Waals surface area (Å²) >= 11 is 1.66. The minimum atomic E-state index is 0.0515. The lowest BCUT2D eigenvalue weighted by Gasteiger charge is -2.08. The molecule has 0 fully saturated rings. The third-order valence-electron chi connectivity index (χ3n) is 3.34. The summed E-state index contributed by atoms with van der Waals surface area (Å²) in [5.74, 6) is 0.0515. The molecule has 3 rings (SSSR count). The number of aromatic nitrogens is 1. The molecular weight excluding hydrogens is 244 g/mol. The van der Waals surface area contributed by atoms with Gasteiger partial charge in [-0.1, -0.05) is 0 Å². The van der Waals surface area contributed by atoms with E-state index >= 15 is 0 Å². The predicted molar refractivity (Wildman–Crippen MR) is 72.9 cm³/mol. The molecule has 0 spiro atoms. The average molecular weight is 260 g/mol. The Morgan fingerprint density at radius 2 is 2.28 bits per heavy atom. The van der Waals surface area contributed by atoms with Crippen LogP contribution in [0.25, 0.3) is 0 Å². The van der Waals surface area contributed by atoms with Gasteiger partial charge in [0, 0.05) is 23.8 Å². The van der Waals surface area contributed by atoms with Crippen LogP contribution in [0.1, 0.15) is 38.5 Å². The molecule has 0 saturated heterocycles. The monoisotopic (exact) mass is 260 g/mol. The maximum absolute atomic E-state index is 12.0. The number of hydrogen-bond acceptors (Lipinski definition) is 2. The molecule has 2 aromatic heterocycles. The van der Waals surface area contributed by atoms with Crippen molar-refractivity contribution in [3.05, 3.63) is 45.4 Å². The van der Waals surface area contributed by atoms with E-state index in [0.717, 1.165) is 23.3 Å². The van der Waals surface area contributed by atoms with Crippen LogP contribution < -0.4 is 5.32 Å². The second kappa shape index (κ2) is 4.98. The van der Waals surface area contributed by atoms with Gasteiger partial charge in [0.15, 0.2) is 0 Å². The zero-order valence-electron chi connectivity index (χ0n) is 10.2. The van der Waals surface area contributed by atoms with Gasteiger partial charge in [0.25, 0.3) is 5.91 Å². The number of amides is 1. The van der Waals surface area contributed by atoms with Crippen molar-refractivity contribution in [3.63, 3.8) is 0 Å². The second-order valence-electron chi connectivity index (χ2n) is 4.67. The average Bonchev–Trinajstić information content (AvgIpc) is 3.04. The number of rotatable bonds is 3. The van der Waals surface area contributed by atoms with Gasteiger partial charge in [-0.15, -0.1) is 11.3 Å². The van der Waals surface area contributed by atoms with Crippen LogP contribution in [0, 0.1) is 0 Å². The first kappa shape index (κ1) is 11.5. The van der Waals surface area contributed by atoms with Crippen molar-refractivity contribution in [2.75, 3.05) is 0 Å². The highest BCUT2D eigenvalue weighted by atomic mass is 32.1. The molecule has 94 valence electrons. The van der Waals surface area contributed by atoms with Crippen molar-refractivity contribution >= 4 is 17.2 Å². The number of carbonyl (C=O) groups is 1. The Kier molecular flexibility index (Phi) is 3.19. The standard InChI is InChI=1S/C14H16N2OS/c17-14(16-9-10-5-6-15-8-10)13-7-11-3-1-2-4-12(11)18-13/h5-8,15H,1-4,9H2,(H,16,17). The third-order valence-corrected chi connectivity index (χ3v) is 4.57. The maximum atomic E-state index is 12.0. The van der Waals surface area contributed by atoms with Crippen molar-refractivity contribution in [3.8, 4) is 0 Å². The summed E-state index contributed by atoms with van der Waals surface area (Å²) in [6, 6.07) is 4.05. The van der Waals surface area contributed by atoms with Crippen molar-refractivity contribution in [1.82, 2.24) is 10.3 Å². The molecule has 2 N–H and O–H groups in total. The van der Waals surface area contributed by atoms with E-state index in [9.17, 15) is 4.79 Å². The molecule has 1 aliphatic rings. The highest BCUT2D eigenvalue weighted by Crippen LogP contribution is 2.29. The normalized spacial score (nSPS) is 14.2. The van der Waals surface area contributed by atoms with Crippen molar-refractivity contribution in [1.29, 1.82) is 0 Å². The molecule has 0 atom stereocenters. The minimum Gasteiger partial charge on any atom is -0.367 e. The van der Waals surface area contributed by atoms with Gasteiger partial charge in [0.2, 0.25) is 0 Å². The van der Waals surface area contributed by atoms with Gasteiger partial charge in [-0.25, -0.2) is 0 Å². The molecule has 18 heavy (non-hydrogen) atoms. The van der Waals surface area contributed by atoms with Crippen LogP contribution in [0.15, 0.2) is 24.5 Å². The van der Waals surface area contributed by atoms with E-state index in [0.29, 0.717) is 6.54 Å². The Hall–Kier alpha value is -1.55. The number of fused-ring (bicyclic) bond motifs is 1. The largest absolute Gasteiger partial charge is 0.367 e. The number of aryl methyl sites for hydroxylation is 2. The smallest absolute Gasteiger partial charge is 0.261 e. The molecule has 1 amide bonds. The van der Waals surface area contributed by atoms with Crippen LogP contribution in [0.4, 0.5) is 0 Å². The van der Waals surface area contributed by atoms with Crippen LogP contribution in [0.3, 0.4) is 0 Å². The van der Waals surface area contributed by atoms with E-state index < -0.39 is 0 Å². The summed E-state index contributed by atoms with van der Waals surface area (Å²) in [6.07, 6.45) is 8.57. The molecule has 0 radical (unpaired) electrons. The topological polar surface area (TPSA) is 44.9 Å². The number of H-pyrrole nitrogens is 1. The quantitative estimate of drug-likeness (QED) is 0.875. The summed E-state index contributed by atoms with van der Waals surface area (Å²) in [7, 11) is 0. The van der Waals surface area contributed by atoms with Crippen LogP contribution in [0.5, 0.6) is 0 Å². The van der Waals surface area contributed by atoms with E-state index in [1.54, 1.807) is 11.3 Å². The van der Waals surface area contributed by atoms with E-state index in [1.165, 1.54) is 23.3 Å². The molecule has 4 heteroatoms. The fourth-order valence-corrected chi connectivity index (χ4v) is 3.51. The summed E-state index contributed by atoms with van der Waals surface area (Å²) in [5.41, 5.74) is 2.49. The van der Waals surface area contributed by atoms with E-state index in [1.807, 2.05) is 18.5 Å². The van der Waals surface area contributed by atoms with Crippen LogP contribution in [0.2, 0.25) is 0 Å². The van der Waals surface area contributed by atoms with Crippen molar-refractivity contribution in [2.24, 2.45) is 0 Å². The fourth-order valence-electron chi connectivity index (χ4n) is 2.34. The van der Waals surface area contributed by atoms with Crippen molar-refractivity contribution < 1.29 is 4.79 Å². The molecule has 0 unspecified atom stereocenters.